The van der Waals surface area contributed by atoms with Crippen LogP contribution in [-0.2, 0) is 17.8 Å². The molecule has 3 aromatic rings. The van der Waals surface area contributed by atoms with Gasteiger partial charge in [-0.2, -0.15) is 5.10 Å². The molecule has 31 heavy (non-hydrogen) atoms. The van der Waals surface area contributed by atoms with E-state index in [9.17, 15) is 4.79 Å². The summed E-state index contributed by atoms with van der Waals surface area (Å²) in [7, 11) is 1.58. The smallest absolute Gasteiger partial charge is 0.244 e. The van der Waals surface area contributed by atoms with Crippen molar-refractivity contribution < 1.29 is 14.3 Å². The largest absolute Gasteiger partial charge is 0.493 e. The highest BCUT2D eigenvalue weighted by atomic mass is 35.5. The molecule has 0 atom stereocenters. The van der Waals surface area contributed by atoms with Gasteiger partial charge in [-0.3, -0.25) is 4.79 Å². The van der Waals surface area contributed by atoms with E-state index in [0.717, 1.165) is 27.8 Å². The standard InChI is InChI=1S/C25H25ClN2O3/c1-17-4-5-18(2)21(12-17)14-25(29)28-27-15-20-8-11-23(24(13-20)30-3)31-16-19-6-9-22(26)10-7-19/h4-13,15H,14,16H2,1-3H3,(H,28,29)/b27-15+. The molecule has 0 aliphatic rings. The minimum absolute atomic E-state index is 0.167. The van der Waals surface area contributed by atoms with E-state index in [1.165, 1.54) is 0 Å². The van der Waals surface area contributed by atoms with Gasteiger partial charge in [-0.25, -0.2) is 5.43 Å². The quantitative estimate of drug-likeness (QED) is 0.388. The van der Waals surface area contributed by atoms with Gasteiger partial charge in [-0.05, 0) is 66.4 Å². The molecule has 3 rings (SSSR count). The minimum atomic E-state index is -0.167. The van der Waals surface area contributed by atoms with E-state index in [-0.39, 0.29) is 12.3 Å². The fourth-order valence-corrected chi connectivity index (χ4v) is 3.13. The van der Waals surface area contributed by atoms with Crippen LogP contribution in [0.2, 0.25) is 5.02 Å². The molecule has 1 amide bonds. The highest BCUT2D eigenvalue weighted by Crippen LogP contribution is 2.28. The Balaban J connectivity index is 1.58. The third-order valence-corrected chi connectivity index (χ3v) is 5.01. The van der Waals surface area contributed by atoms with Gasteiger partial charge in [0.15, 0.2) is 11.5 Å². The summed E-state index contributed by atoms with van der Waals surface area (Å²) in [6.07, 6.45) is 1.86. The summed E-state index contributed by atoms with van der Waals surface area (Å²) in [6.45, 7) is 4.40. The van der Waals surface area contributed by atoms with E-state index in [4.69, 9.17) is 21.1 Å². The maximum Gasteiger partial charge on any atom is 0.244 e. The molecular formula is C25H25ClN2O3. The van der Waals surface area contributed by atoms with E-state index in [1.54, 1.807) is 19.4 Å². The zero-order valence-electron chi connectivity index (χ0n) is 17.8. The Morgan fingerprint density at radius 3 is 2.55 bits per heavy atom. The summed E-state index contributed by atoms with van der Waals surface area (Å²) in [5.74, 6) is 1.04. The molecule has 0 unspecified atom stereocenters. The molecule has 0 spiro atoms. The van der Waals surface area contributed by atoms with Crippen LogP contribution in [0.5, 0.6) is 11.5 Å². The van der Waals surface area contributed by atoms with Crippen LogP contribution in [0, 0.1) is 13.8 Å². The number of aryl methyl sites for hydroxylation is 2. The van der Waals surface area contributed by atoms with E-state index in [1.807, 2.05) is 68.4 Å². The predicted molar refractivity (Wildman–Crippen MR) is 124 cm³/mol. The van der Waals surface area contributed by atoms with Crippen molar-refractivity contribution in [1.82, 2.24) is 5.43 Å². The van der Waals surface area contributed by atoms with Crippen molar-refractivity contribution in [3.05, 3.63) is 93.5 Å². The third kappa shape index (κ3) is 6.59. The van der Waals surface area contributed by atoms with Crippen LogP contribution in [-0.4, -0.2) is 19.2 Å². The van der Waals surface area contributed by atoms with Crippen LogP contribution in [0.1, 0.15) is 27.8 Å². The summed E-state index contributed by atoms with van der Waals surface area (Å²) in [6, 6.07) is 19.0. The maximum atomic E-state index is 12.2. The first-order valence-electron chi connectivity index (χ1n) is 9.88. The molecule has 0 saturated carbocycles. The van der Waals surface area contributed by atoms with Gasteiger partial charge in [0.05, 0.1) is 19.7 Å². The van der Waals surface area contributed by atoms with Gasteiger partial charge >= 0.3 is 0 Å². The molecule has 0 fully saturated rings. The summed E-state index contributed by atoms with van der Waals surface area (Å²) >= 11 is 5.91. The third-order valence-electron chi connectivity index (χ3n) is 4.75. The Hall–Kier alpha value is -3.31. The van der Waals surface area contributed by atoms with Crippen molar-refractivity contribution in [3.63, 3.8) is 0 Å². The van der Waals surface area contributed by atoms with Gasteiger partial charge in [0.25, 0.3) is 0 Å². The van der Waals surface area contributed by atoms with Crippen LogP contribution in [0.15, 0.2) is 65.8 Å². The van der Waals surface area contributed by atoms with Gasteiger partial charge in [0.1, 0.15) is 6.61 Å². The Kier molecular flexibility index (Phi) is 7.68. The van der Waals surface area contributed by atoms with Crippen molar-refractivity contribution in [2.75, 3.05) is 7.11 Å². The van der Waals surface area contributed by atoms with Crippen molar-refractivity contribution >= 4 is 23.7 Å². The molecule has 0 saturated heterocycles. The zero-order valence-corrected chi connectivity index (χ0v) is 18.6. The van der Waals surface area contributed by atoms with Gasteiger partial charge in [0.2, 0.25) is 5.91 Å². The molecule has 5 nitrogen and oxygen atoms in total. The highest BCUT2D eigenvalue weighted by molar-refractivity contribution is 6.30. The van der Waals surface area contributed by atoms with Crippen LogP contribution in [0.25, 0.3) is 0 Å². The monoisotopic (exact) mass is 436 g/mol. The number of halogens is 1. The second-order valence-electron chi connectivity index (χ2n) is 7.23. The lowest BCUT2D eigenvalue weighted by molar-refractivity contribution is -0.120. The Labute approximate surface area is 187 Å². The lowest BCUT2D eigenvalue weighted by atomic mass is 10.0. The van der Waals surface area contributed by atoms with E-state index in [2.05, 4.69) is 10.5 Å². The molecule has 0 aliphatic carbocycles. The molecule has 6 heteroatoms. The average Bonchev–Trinajstić information content (AvgIpc) is 2.76. The molecule has 3 aromatic carbocycles. The Morgan fingerprint density at radius 2 is 1.81 bits per heavy atom. The Morgan fingerprint density at radius 1 is 1.03 bits per heavy atom. The van der Waals surface area contributed by atoms with Crippen molar-refractivity contribution in [2.24, 2.45) is 5.10 Å². The number of nitrogens with one attached hydrogen (secondary N) is 1. The Bertz CT molecular complexity index is 1080. The number of hydrogen-bond acceptors (Lipinski definition) is 4. The lowest BCUT2D eigenvalue weighted by Gasteiger charge is -2.11. The molecule has 0 aromatic heterocycles. The highest BCUT2D eigenvalue weighted by Gasteiger charge is 2.07. The molecule has 0 bridgehead atoms. The second kappa shape index (κ2) is 10.6. The minimum Gasteiger partial charge on any atom is -0.493 e. The van der Waals surface area contributed by atoms with Gasteiger partial charge in [0, 0.05) is 5.02 Å². The first-order chi connectivity index (χ1) is 14.9. The number of benzene rings is 3. The second-order valence-corrected chi connectivity index (χ2v) is 7.66. The number of carbonyl (C=O) groups excluding carboxylic acids is 1. The molecule has 160 valence electrons. The molecule has 0 heterocycles. The van der Waals surface area contributed by atoms with Crippen molar-refractivity contribution in [2.45, 2.75) is 26.9 Å². The normalized spacial score (nSPS) is 10.8. The fourth-order valence-electron chi connectivity index (χ4n) is 3.01. The fraction of sp³-hybridized carbons (Fsp3) is 0.200. The topological polar surface area (TPSA) is 59.9 Å². The molecule has 0 aliphatic heterocycles. The number of nitrogens with zero attached hydrogens (tertiary/aromatic N) is 1. The number of carbonyl (C=O) groups is 1. The summed E-state index contributed by atoms with van der Waals surface area (Å²) < 4.78 is 11.3. The van der Waals surface area contributed by atoms with Crippen molar-refractivity contribution in [3.8, 4) is 11.5 Å². The van der Waals surface area contributed by atoms with E-state index < -0.39 is 0 Å². The summed E-state index contributed by atoms with van der Waals surface area (Å²) in [4.78, 5) is 12.2. The summed E-state index contributed by atoms with van der Waals surface area (Å²) in [5, 5.41) is 4.75. The number of hydrazone groups is 1. The van der Waals surface area contributed by atoms with E-state index >= 15 is 0 Å². The lowest BCUT2D eigenvalue weighted by Crippen LogP contribution is -2.20. The van der Waals surface area contributed by atoms with Crippen LogP contribution in [0.4, 0.5) is 0 Å². The maximum absolute atomic E-state index is 12.2. The number of rotatable bonds is 8. The van der Waals surface area contributed by atoms with Gasteiger partial charge in [-0.1, -0.05) is 47.5 Å². The van der Waals surface area contributed by atoms with E-state index in [0.29, 0.717) is 23.1 Å². The summed E-state index contributed by atoms with van der Waals surface area (Å²) in [5.41, 5.74) is 7.57. The number of ether oxygens (including phenoxy) is 2. The van der Waals surface area contributed by atoms with Gasteiger partial charge < -0.3 is 9.47 Å². The molecule has 1 N–H and O–H groups in total. The van der Waals surface area contributed by atoms with Crippen molar-refractivity contribution in [1.29, 1.82) is 0 Å². The van der Waals surface area contributed by atoms with Gasteiger partial charge in [-0.15, -0.1) is 0 Å². The first kappa shape index (κ1) is 22.4. The SMILES string of the molecule is COc1cc(/C=N/NC(=O)Cc2cc(C)ccc2C)ccc1OCc1ccc(Cl)cc1. The number of hydrogen-bond donors (Lipinski definition) is 1. The average molecular weight is 437 g/mol. The molecule has 0 radical (unpaired) electrons. The number of methoxy groups -OCH3 is 1. The first-order valence-corrected chi connectivity index (χ1v) is 10.3. The number of amides is 1. The van der Waals surface area contributed by atoms with Crippen LogP contribution in [0.3, 0.4) is 0 Å². The van der Waals surface area contributed by atoms with Crippen LogP contribution >= 0.6 is 11.6 Å². The zero-order chi connectivity index (χ0) is 22.2. The van der Waals surface area contributed by atoms with Crippen LogP contribution < -0.4 is 14.9 Å². The molecular weight excluding hydrogens is 412 g/mol. The predicted octanol–water partition coefficient (Wildman–Crippen LogP) is 5.24.